The van der Waals surface area contributed by atoms with E-state index in [2.05, 4.69) is 10.3 Å². The predicted octanol–water partition coefficient (Wildman–Crippen LogP) is 1.68. The van der Waals surface area contributed by atoms with Crippen LogP contribution in [-0.2, 0) is 25.5 Å². The average molecular weight is 389 g/mol. The molecule has 0 aliphatic carbocycles. The Morgan fingerprint density at radius 3 is 2.89 bits per heavy atom. The van der Waals surface area contributed by atoms with Crippen molar-refractivity contribution in [1.29, 1.82) is 0 Å². The van der Waals surface area contributed by atoms with Gasteiger partial charge in [0.1, 0.15) is 12.1 Å². The van der Waals surface area contributed by atoms with Gasteiger partial charge in [0.15, 0.2) is 0 Å². The number of para-hydroxylation sites is 1. The molecule has 1 aliphatic heterocycles. The number of methoxy groups -OCH3 is 1. The molecule has 0 bridgehead atoms. The molecule has 8 heteroatoms. The first-order valence-corrected chi connectivity index (χ1v) is 9.67. The number of ether oxygens (including phenoxy) is 1. The first-order chi connectivity index (χ1) is 12.9. The Morgan fingerprint density at radius 2 is 2.19 bits per heavy atom. The van der Waals surface area contributed by atoms with E-state index in [-0.39, 0.29) is 5.91 Å². The van der Waals surface area contributed by atoms with E-state index >= 15 is 0 Å². The summed E-state index contributed by atoms with van der Waals surface area (Å²) in [6.45, 7) is 3.78. The first-order valence-electron chi connectivity index (χ1n) is 8.68. The molecular weight excluding hydrogens is 366 g/mol. The lowest BCUT2D eigenvalue weighted by atomic mass is 10.0. The number of fused-ring (bicyclic) bond motifs is 1. The average Bonchev–Trinajstić information content (AvgIpc) is 3.20. The van der Waals surface area contributed by atoms with Gasteiger partial charge < -0.3 is 19.9 Å². The van der Waals surface area contributed by atoms with Crippen molar-refractivity contribution < 1.29 is 19.1 Å². The second-order valence-electron chi connectivity index (χ2n) is 6.93. The van der Waals surface area contributed by atoms with Crippen LogP contribution >= 0.6 is 11.8 Å². The molecule has 2 amide bonds. The molecule has 3 rings (SSSR count). The number of nitrogens with zero attached hydrogens (tertiary/aromatic N) is 1. The van der Waals surface area contributed by atoms with E-state index in [4.69, 9.17) is 4.74 Å². The number of esters is 1. The molecule has 1 aliphatic rings. The van der Waals surface area contributed by atoms with Gasteiger partial charge in [-0.25, -0.2) is 4.79 Å². The zero-order valence-corrected chi connectivity index (χ0v) is 16.3. The number of carbonyl (C=O) groups excluding carboxylic acids is 3. The van der Waals surface area contributed by atoms with Crippen molar-refractivity contribution >= 4 is 41.0 Å². The molecule has 1 aromatic carbocycles. The third kappa shape index (κ3) is 3.80. The first kappa shape index (κ1) is 19.3. The molecule has 0 radical (unpaired) electrons. The van der Waals surface area contributed by atoms with Crippen LogP contribution in [0.15, 0.2) is 30.5 Å². The van der Waals surface area contributed by atoms with Gasteiger partial charge in [-0.05, 0) is 25.5 Å². The second kappa shape index (κ2) is 7.64. The highest BCUT2D eigenvalue weighted by molar-refractivity contribution is 8.00. The van der Waals surface area contributed by atoms with Crippen molar-refractivity contribution in [2.45, 2.75) is 37.2 Å². The highest BCUT2D eigenvalue weighted by Crippen LogP contribution is 2.37. The highest BCUT2D eigenvalue weighted by Gasteiger charge is 2.43. The number of hydrogen-bond acceptors (Lipinski definition) is 5. The largest absolute Gasteiger partial charge is 0.467 e. The topological polar surface area (TPSA) is 91.5 Å². The molecule has 144 valence electrons. The summed E-state index contributed by atoms with van der Waals surface area (Å²) in [6, 6.07) is 6.31. The molecule has 27 heavy (non-hydrogen) atoms. The maximum Gasteiger partial charge on any atom is 0.328 e. The maximum atomic E-state index is 12.8. The quantitative estimate of drug-likeness (QED) is 0.579. The maximum absolute atomic E-state index is 12.8. The van der Waals surface area contributed by atoms with Crippen LogP contribution in [0, 0.1) is 0 Å². The lowest BCUT2D eigenvalue weighted by Gasteiger charge is -2.30. The summed E-state index contributed by atoms with van der Waals surface area (Å²) in [5.74, 6) is -0.384. The summed E-state index contributed by atoms with van der Waals surface area (Å²) >= 11 is 1.53. The van der Waals surface area contributed by atoms with Crippen LogP contribution in [0.4, 0.5) is 0 Å². The number of amides is 2. The van der Waals surface area contributed by atoms with Gasteiger partial charge in [0, 0.05) is 29.3 Å². The molecule has 2 heterocycles. The highest BCUT2D eigenvalue weighted by atomic mass is 32.2. The summed E-state index contributed by atoms with van der Waals surface area (Å²) in [5, 5.41) is 3.77. The van der Waals surface area contributed by atoms with Crippen LogP contribution in [0.3, 0.4) is 0 Å². The summed E-state index contributed by atoms with van der Waals surface area (Å²) in [4.78, 5) is 40.7. The van der Waals surface area contributed by atoms with Crippen molar-refractivity contribution in [3.05, 3.63) is 36.0 Å². The molecule has 2 N–H and O–H groups in total. The Morgan fingerprint density at radius 1 is 1.44 bits per heavy atom. The molecule has 0 saturated carbocycles. The molecule has 2 aromatic rings. The van der Waals surface area contributed by atoms with Crippen molar-refractivity contribution in [1.82, 2.24) is 15.2 Å². The van der Waals surface area contributed by atoms with Gasteiger partial charge in [-0.3, -0.25) is 9.59 Å². The third-order valence-electron chi connectivity index (χ3n) is 4.87. The summed E-state index contributed by atoms with van der Waals surface area (Å²) in [6.07, 6.45) is 2.82. The SMILES string of the molecule is COC(=O)[C@@H](Cc1c[nH]c2ccccc12)NC(=O)[C@H]1CSC(C)(C)N1C=O. The van der Waals surface area contributed by atoms with E-state index in [1.54, 1.807) is 0 Å². The Kier molecular flexibility index (Phi) is 5.46. The normalized spacial score (nSPS) is 19.7. The number of hydrogen-bond donors (Lipinski definition) is 2. The number of benzene rings is 1. The predicted molar refractivity (Wildman–Crippen MR) is 104 cm³/mol. The zero-order valence-electron chi connectivity index (χ0n) is 15.5. The van der Waals surface area contributed by atoms with Gasteiger partial charge in [-0.2, -0.15) is 0 Å². The van der Waals surface area contributed by atoms with E-state index in [1.807, 2.05) is 44.3 Å². The van der Waals surface area contributed by atoms with E-state index in [0.29, 0.717) is 18.6 Å². The monoisotopic (exact) mass is 389 g/mol. The van der Waals surface area contributed by atoms with Gasteiger partial charge in [-0.15, -0.1) is 11.8 Å². The Balaban J connectivity index is 1.78. The molecule has 0 unspecified atom stereocenters. The molecule has 2 atom stereocenters. The van der Waals surface area contributed by atoms with Crippen molar-refractivity contribution in [3.63, 3.8) is 0 Å². The van der Waals surface area contributed by atoms with E-state index < -0.39 is 22.9 Å². The van der Waals surface area contributed by atoms with E-state index in [1.165, 1.54) is 23.8 Å². The van der Waals surface area contributed by atoms with Gasteiger partial charge in [0.05, 0.1) is 12.0 Å². The fraction of sp³-hybridized carbons (Fsp3) is 0.421. The van der Waals surface area contributed by atoms with E-state index in [0.717, 1.165) is 16.5 Å². The molecule has 0 spiro atoms. The fourth-order valence-corrected chi connectivity index (χ4v) is 4.54. The third-order valence-corrected chi connectivity index (χ3v) is 6.27. The number of carbonyl (C=O) groups is 3. The van der Waals surface area contributed by atoms with Crippen molar-refractivity contribution in [2.75, 3.05) is 12.9 Å². The summed E-state index contributed by atoms with van der Waals surface area (Å²) in [7, 11) is 1.29. The van der Waals surface area contributed by atoms with E-state index in [9.17, 15) is 14.4 Å². The van der Waals surface area contributed by atoms with Crippen molar-refractivity contribution in [3.8, 4) is 0 Å². The lowest BCUT2D eigenvalue weighted by molar-refractivity contribution is -0.146. The minimum atomic E-state index is -0.830. The minimum absolute atomic E-state index is 0.298. The fourth-order valence-electron chi connectivity index (χ4n) is 3.34. The van der Waals surface area contributed by atoms with Crippen LogP contribution in [-0.4, -0.2) is 58.0 Å². The van der Waals surface area contributed by atoms with Gasteiger partial charge in [0.2, 0.25) is 12.3 Å². The Bertz CT molecular complexity index is 864. The Hall–Kier alpha value is -2.48. The number of nitrogens with one attached hydrogen (secondary N) is 2. The van der Waals surface area contributed by atoms with Crippen LogP contribution in [0.1, 0.15) is 19.4 Å². The van der Waals surface area contributed by atoms with Crippen LogP contribution in [0.25, 0.3) is 10.9 Å². The number of aromatic nitrogens is 1. The number of rotatable bonds is 6. The Labute approximate surface area is 161 Å². The minimum Gasteiger partial charge on any atom is -0.467 e. The number of aromatic amines is 1. The number of thioether (sulfide) groups is 1. The molecular formula is C19H23N3O4S. The molecule has 7 nitrogen and oxygen atoms in total. The lowest BCUT2D eigenvalue weighted by Crippen LogP contribution is -2.53. The molecule has 1 fully saturated rings. The van der Waals surface area contributed by atoms with Crippen molar-refractivity contribution in [2.24, 2.45) is 0 Å². The van der Waals surface area contributed by atoms with Crippen LogP contribution in [0.5, 0.6) is 0 Å². The van der Waals surface area contributed by atoms with Gasteiger partial charge in [-0.1, -0.05) is 18.2 Å². The standard InChI is InChI=1S/C19H23N3O4S/c1-19(2)22(11-23)16(10-27-19)17(24)21-15(18(25)26-3)8-12-9-20-14-7-5-4-6-13(12)14/h4-7,9,11,15-16,20H,8,10H2,1-3H3,(H,21,24)/t15-,16-/m1/s1. The van der Waals surface area contributed by atoms with Crippen LogP contribution < -0.4 is 5.32 Å². The summed E-state index contributed by atoms with van der Waals surface area (Å²) < 4.78 is 4.88. The zero-order chi connectivity index (χ0) is 19.6. The smallest absolute Gasteiger partial charge is 0.328 e. The van der Waals surface area contributed by atoms with Crippen LogP contribution in [0.2, 0.25) is 0 Å². The summed E-state index contributed by atoms with van der Waals surface area (Å²) in [5.41, 5.74) is 1.87. The number of H-pyrrole nitrogens is 1. The van der Waals surface area contributed by atoms with Gasteiger partial charge in [0.25, 0.3) is 0 Å². The molecule has 1 saturated heterocycles. The second-order valence-corrected chi connectivity index (χ2v) is 8.56. The van der Waals surface area contributed by atoms with Gasteiger partial charge >= 0.3 is 5.97 Å². The molecule has 1 aromatic heterocycles.